The Balaban J connectivity index is 1.53. The first-order chi connectivity index (χ1) is 14.3. The summed E-state index contributed by atoms with van der Waals surface area (Å²) >= 11 is 0. The van der Waals surface area contributed by atoms with Crippen LogP contribution in [0.1, 0.15) is 37.0 Å². The Hall–Kier alpha value is -3.10. The van der Waals surface area contributed by atoms with Gasteiger partial charge in [-0.15, -0.1) is 0 Å². The zero-order valence-corrected chi connectivity index (χ0v) is 17.6. The molecule has 0 spiro atoms. The van der Waals surface area contributed by atoms with Crippen molar-refractivity contribution in [3.05, 3.63) is 23.8 Å². The molecule has 162 valence electrons. The minimum atomic E-state index is -0.564. The molecule has 2 aliphatic rings. The van der Waals surface area contributed by atoms with Crippen LogP contribution in [0.5, 0.6) is 5.75 Å². The number of amides is 3. The second-order valence-electron chi connectivity index (χ2n) is 7.33. The summed E-state index contributed by atoms with van der Waals surface area (Å²) in [5.74, 6) is 0.0889. The highest BCUT2D eigenvalue weighted by Gasteiger charge is 2.30. The van der Waals surface area contributed by atoms with Crippen molar-refractivity contribution in [3.63, 3.8) is 0 Å². The van der Waals surface area contributed by atoms with Crippen molar-refractivity contribution in [3.8, 4) is 5.75 Å². The number of nitrogens with zero attached hydrogens (tertiary/aromatic N) is 3. The van der Waals surface area contributed by atoms with Gasteiger partial charge in [0.05, 0.1) is 12.3 Å². The van der Waals surface area contributed by atoms with Crippen molar-refractivity contribution in [2.24, 2.45) is 0 Å². The first-order valence-electron chi connectivity index (χ1n) is 10.1. The van der Waals surface area contributed by atoms with Gasteiger partial charge in [-0.1, -0.05) is 0 Å². The van der Waals surface area contributed by atoms with Crippen molar-refractivity contribution in [1.82, 2.24) is 9.80 Å². The molecule has 3 amide bonds. The molecule has 0 bridgehead atoms. The van der Waals surface area contributed by atoms with Crippen LogP contribution in [-0.2, 0) is 14.3 Å². The monoisotopic (exact) mass is 417 g/mol. The van der Waals surface area contributed by atoms with E-state index in [4.69, 9.17) is 9.47 Å². The third-order valence-corrected chi connectivity index (χ3v) is 5.35. The molecule has 3 rings (SSSR count). The van der Waals surface area contributed by atoms with E-state index in [-0.39, 0.29) is 36.5 Å². The molecule has 1 atom stereocenters. The van der Waals surface area contributed by atoms with E-state index in [0.717, 1.165) is 0 Å². The Bertz CT molecular complexity index is 847. The molecule has 2 aliphatic heterocycles. The number of ketones is 1. The number of benzene rings is 1. The standard InChI is InChI=1S/C21H27N3O6/c1-4-29-21(28)24-11-9-23(10-12-24)19(26)8-6-17(25)15-5-7-18-16(13-15)22(3)20(27)14(2)30-18/h5,7,13-14H,4,6,8-12H2,1-3H3. The van der Waals surface area contributed by atoms with E-state index in [1.807, 2.05) is 0 Å². The Morgan fingerprint density at radius 3 is 2.43 bits per heavy atom. The number of fused-ring (bicyclic) bond motifs is 1. The van der Waals surface area contributed by atoms with Crippen LogP contribution in [-0.4, -0.2) is 79.4 Å². The Morgan fingerprint density at radius 1 is 1.10 bits per heavy atom. The van der Waals surface area contributed by atoms with Gasteiger partial charge in [-0.3, -0.25) is 14.4 Å². The molecule has 0 aliphatic carbocycles. The highest BCUT2D eigenvalue weighted by molar-refractivity contribution is 6.03. The topological polar surface area (TPSA) is 96.5 Å². The largest absolute Gasteiger partial charge is 0.479 e. The van der Waals surface area contributed by atoms with Crippen LogP contribution in [0.2, 0.25) is 0 Å². The van der Waals surface area contributed by atoms with Crippen molar-refractivity contribution in [1.29, 1.82) is 0 Å². The van der Waals surface area contributed by atoms with Gasteiger partial charge in [0, 0.05) is 51.6 Å². The number of likely N-dealkylation sites (N-methyl/N-ethyl adjacent to an activating group) is 1. The van der Waals surface area contributed by atoms with Crippen molar-refractivity contribution in [2.45, 2.75) is 32.8 Å². The molecule has 1 unspecified atom stereocenters. The van der Waals surface area contributed by atoms with Crippen LogP contribution >= 0.6 is 0 Å². The third kappa shape index (κ3) is 4.55. The number of anilines is 1. The van der Waals surface area contributed by atoms with Crippen LogP contribution in [0.3, 0.4) is 0 Å². The van der Waals surface area contributed by atoms with Crippen molar-refractivity contribution in [2.75, 3.05) is 44.7 Å². The van der Waals surface area contributed by atoms with Crippen molar-refractivity contribution >= 4 is 29.4 Å². The number of ether oxygens (including phenoxy) is 2. The Morgan fingerprint density at radius 2 is 1.77 bits per heavy atom. The van der Waals surface area contributed by atoms with Crippen molar-refractivity contribution < 1.29 is 28.7 Å². The maximum absolute atomic E-state index is 12.6. The summed E-state index contributed by atoms with van der Waals surface area (Å²) < 4.78 is 10.5. The predicted molar refractivity (Wildman–Crippen MR) is 109 cm³/mol. The van der Waals surface area contributed by atoms with E-state index < -0.39 is 6.10 Å². The molecular weight excluding hydrogens is 390 g/mol. The van der Waals surface area contributed by atoms with Crippen LogP contribution in [0.4, 0.5) is 10.5 Å². The molecule has 30 heavy (non-hydrogen) atoms. The molecule has 1 saturated heterocycles. The molecule has 0 radical (unpaired) electrons. The second kappa shape index (κ2) is 9.15. The van der Waals surface area contributed by atoms with Gasteiger partial charge in [-0.25, -0.2) is 4.79 Å². The number of piperazine rings is 1. The molecule has 1 fully saturated rings. The number of hydrogen-bond donors (Lipinski definition) is 0. The van der Waals surface area contributed by atoms with Gasteiger partial charge in [0.2, 0.25) is 5.91 Å². The van der Waals surface area contributed by atoms with Gasteiger partial charge >= 0.3 is 6.09 Å². The average molecular weight is 417 g/mol. The minimum absolute atomic E-state index is 0.0740. The quantitative estimate of drug-likeness (QED) is 0.677. The summed E-state index contributed by atoms with van der Waals surface area (Å²) in [7, 11) is 1.65. The molecular formula is C21H27N3O6. The summed E-state index contributed by atoms with van der Waals surface area (Å²) in [5, 5.41) is 0. The predicted octanol–water partition coefficient (Wildman–Crippen LogP) is 1.69. The van der Waals surface area contributed by atoms with E-state index >= 15 is 0 Å². The molecule has 1 aromatic rings. The van der Waals surface area contributed by atoms with Gasteiger partial charge in [0.25, 0.3) is 5.91 Å². The van der Waals surface area contributed by atoms with Gasteiger partial charge < -0.3 is 24.2 Å². The second-order valence-corrected chi connectivity index (χ2v) is 7.33. The lowest BCUT2D eigenvalue weighted by atomic mass is 10.0. The summed E-state index contributed by atoms with van der Waals surface area (Å²) in [6, 6.07) is 4.96. The van der Waals surface area contributed by atoms with E-state index in [9.17, 15) is 19.2 Å². The summed E-state index contributed by atoms with van der Waals surface area (Å²) in [5.41, 5.74) is 0.983. The molecule has 0 N–H and O–H groups in total. The van der Waals surface area contributed by atoms with Crippen LogP contribution in [0, 0.1) is 0 Å². The zero-order valence-electron chi connectivity index (χ0n) is 17.6. The fourth-order valence-corrected chi connectivity index (χ4v) is 3.56. The SMILES string of the molecule is CCOC(=O)N1CCN(C(=O)CCC(=O)c2ccc3c(c2)N(C)C(=O)C(C)O3)CC1. The lowest BCUT2D eigenvalue weighted by Gasteiger charge is -2.34. The van der Waals surface area contributed by atoms with Gasteiger partial charge in [-0.2, -0.15) is 0 Å². The first-order valence-corrected chi connectivity index (χ1v) is 10.1. The fraction of sp³-hybridized carbons (Fsp3) is 0.524. The van der Waals surface area contributed by atoms with Gasteiger partial charge in [0.15, 0.2) is 11.9 Å². The zero-order chi connectivity index (χ0) is 21.8. The van der Waals surface area contributed by atoms with E-state index in [2.05, 4.69) is 0 Å². The van der Waals surface area contributed by atoms with E-state index in [1.165, 1.54) is 4.90 Å². The fourth-order valence-electron chi connectivity index (χ4n) is 3.56. The third-order valence-electron chi connectivity index (χ3n) is 5.35. The van der Waals surface area contributed by atoms with Gasteiger partial charge in [-0.05, 0) is 32.0 Å². The normalized spacial score (nSPS) is 18.6. The molecule has 9 heteroatoms. The maximum Gasteiger partial charge on any atom is 0.409 e. The molecule has 9 nitrogen and oxygen atoms in total. The highest BCUT2D eigenvalue weighted by atomic mass is 16.6. The van der Waals surface area contributed by atoms with Crippen LogP contribution < -0.4 is 9.64 Å². The van der Waals surface area contributed by atoms with Gasteiger partial charge in [0.1, 0.15) is 5.75 Å². The highest BCUT2D eigenvalue weighted by Crippen LogP contribution is 2.34. The molecule has 2 heterocycles. The van der Waals surface area contributed by atoms with E-state index in [1.54, 1.807) is 48.9 Å². The summed E-state index contributed by atoms with van der Waals surface area (Å²) in [6.45, 7) is 5.43. The van der Waals surface area contributed by atoms with E-state index in [0.29, 0.717) is 49.8 Å². The number of hydrogen-bond acceptors (Lipinski definition) is 6. The maximum atomic E-state index is 12.6. The van der Waals surface area contributed by atoms with Crippen LogP contribution in [0.25, 0.3) is 0 Å². The lowest BCUT2D eigenvalue weighted by Crippen LogP contribution is -2.50. The first kappa shape index (κ1) is 21.6. The molecule has 1 aromatic carbocycles. The smallest absolute Gasteiger partial charge is 0.409 e. The Labute approximate surface area is 175 Å². The number of carbonyl (C=O) groups is 4. The Kier molecular flexibility index (Phi) is 6.59. The average Bonchev–Trinajstić information content (AvgIpc) is 2.75. The number of Topliss-reactive ketones (excluding diaryl/α,β-unsaturated/α-hetero) is 1. The number of carbonyl (C=O) groups excluding carboxylic acids is 4. The lowest BCUT2D eigenvalue weighted by molar-refractivity contribution is -0.132. The minimum Gasteiger partial charge on any atom is -0.479 e. The number of rotatable bonds is 5. The molecule has 0 saturated carbocycles. The summed E-state index contributed by atoms with van der Waals surface area (Å²) in [6.07, 6.45) is -0.762. The summed E-state index contributed by atoms with van der Waals surface area (Å²) in [4.78, 5) is 53.6. The molecule has 0 aromatic heterocycles. The van der Waals surface area contributed by atoms with Crippen LogP contribution in [0.15, 0.2) is 18.2 Å².